The van der Waals surface area contributed by atoms with Gasteiger partial charge in [0.05, 0.1) is 5.69 Å². The molecule has 1 aliphatic carbocycles. The molecule has 2 aromatic rings. The zero-order chi connectivity index (χ0) is 14.8. The number of nitrogens with zero attached hydrogens (tertiary/aromatic N) is 1. The van der Waals surface area contributed by atoms with E-state index in [0.29, 0.717) is 19.1 Å². The van der Waals surface area contributed by atoms with Gasteiger partial charge in [0.2, 0.25) is 0 Å². The highest BCUT2D eigenvalue weighted by atomic mass is 16.1. The average Bonchev–Trinajstić information content (AvgIpc) is 3.31. The van der Waals surface area contributed by atoms with E-state index in [1.807, 2.05) is 17.6 Å². The van der Waals surface area contributed by atoms with Gasteiger partial charge in [-0.05, 0) is 38.3 Å². The molecule has 3 nitrogen and oxygen atoms in total. The maximum Gasteiger partial charge on any atom is 0.255 e. The lowest BCUT2D eigenvalue weighted by Gasteiger charge is -2.13. The number of nitrogens with one attached hydrogen (secondary N) is 1. The Morgan fingerprint density at radius 1 is 1.14 bits per heavy atom. The quantitative estimate of drug-likeness (QED) is 0.914. The topological polar surface area (TPSA) is 34.0 Å². The third-order valence-electron chi connectivity index (χ3n) is 4.08. The third kappa shape index (κ3) is 3.08. The maximum atomic E-state index is 12.6. The fourth-order valence-electron chi connectivity index (χ4n) is 2.59. The molecule has 1 aromatic heterocycles. The first-order chi connectivity index (χ1) is 10.2. The Labute approximate surface area is 125 Å². The SMILES string of the molecule is CCn1c(-c2ccc(C)cc2)ccc(CNC2CC2)c1=O. The summed E-state index contributed by atoms with van der Waals surface area (Å²) in [6.07, 6.45) is 2.48. The summed E-state index contributed by atoms with van der Waals surface area (Å²) in [5.41, 5.74) is 4.32. The highest BCUT2D eigenvalue weighted by Crippen LogP contribution is 2.21. The molecule has 0 bridgehead atoms. The molecule has 1 N–H and O–H groups in total. The van der Waals surface area contributed by atoms with Crippen molar-refractivity contribution >= 4 is 0 Å². The van der Waals surface area contributed by atoms with Crippen molar-refractivity contribution in [3.63, 3.8) is 0 Å². The molecule has 0 unspecified atom stereocenters. The molecular formula is C18H22N2O. The van der Waals surface area contributed by atoms with Crippen LogP contribution in [0.25, 0.3) is 11.3 Å². The molecule has 1 aliphatic rings. The van der Waals surface area contributed by atoms with E-state index in [9.17, 15) is 4.79 Å². The number of aromatic nitrogens is 1. The Bertz CT molecular complexity index is 681. The normalized spacial score (nSPS) is 14.4. The van der Waals surface area contributed by atoms with Gasteiger partial charge >= 0.3 is 0 Å². The molecule has 0 atom stereocenters. The minimum atomic E-state index is 0.128. The second-order valence-corrected chi connectivity index (χ2v) is 5.81. The van der Waals surface area contributed by atoms with Gasteiger partial charge in [-0.3, -0.25) is 4.79 Å². The van der Waals surface area contributed by atoms with Crippen molar-refractivity contribution in [2.45, 2.75) is 45.8 Å². The molecule has 0 aliphatic heterocycles. The largest absolute Gasteiger partial charge is 0.310 e. The van der Waals surface area contributed by atoms with Crippen molar-refractivity contribution in [2.75, 3.05) is 0 Å². The summed E-state index contributed by atoms with van der Waals surface area (Å²) in [6.45, 7) is 5.47. The number of hydrogen-bond donors (Lipinski definition) is 1. The summed E-state index contributed by atoms with van der Waals surface area (Å²) in [4.78, 5) is 12.6. The molecule has 3 heteroatoms. The summed E-state index contributed by atoms with van der Waals surface area (Å²) in [6, 6.07) is 13.0. The second-order valence-electron chi connectivity index (χ2n) is 5.81. The number of hydrogen-bond acceptors (Lipinski definition) is 2. The number of benzene rings is 1. The molecule has 110 valence electrons. The van der Waals surface area contributed by atoms with Gasteiger partial charge in [-0.2, -0.15) is 0 Å². The van der Waals surface area contributed by atoms with Crippen molar-refractivity contribution in [3.05, 3.63) is 57.9 Å². The Balaban J connectivity index is 1.95. The van der Waals surface area contributed by atoms with E-state index in [-0.39, 0.29) is 5.56 Å². The first-order valence-corrected chi connectivity index (χ1v) is 7.72. The highest BCUT2D eigenvalue weighted by Gasteiger charge is 2.20. The van der Waals surface area contributed by atoms with Crippen LogP contribution in [0.5, 0.6) is 0 Å². The Hall–Kier alpha value is -1.87. The Morgan fingerprint density at radius 2 is 1.86 bits per heavy atom. The monoisotopic (exact) mass is 282 g/mol. The minimum absolute atomic E-state index is 0.128. The van der Waals surface area contributed by atoms with Crippen LogP contribution in [0.15, 0.2) is 41.2 Å². The van der Waals surface area contributed by atoms with Gasteiger partial charge in [0.15, 0.2) is 0 Å². The summed E-state index contributed by atoms with van der Waals surface area (Å²) in [7, 11) is 0. The lowest BCUT2D eigenvalue weighted by molar-refractivity contribution is 0.660. The van der Waals surface area contributed by atoms with Crippen LogP contribution < -0.4 is 10.9 Å². The molecular weight excluding hydrogens is 260 g/mol. The van der Waals surface area contributed by atoms with Gasteiger partial charge < -0.3 is 9.88 Å². The maximum absolute atomic E-state index is 12.6. The molecule has 3 rings (SSSR count). The number of rotatable bonds is 5. The summed E-state index contributed by atoms with van der Waals surface area (Å²) in [5.74, 6) is 0. The molecule has 0 saturated heterocycles. The number of pyridine rings is 1. The highest BCUT2D eigenvalue weighted by molar-refractivity contribution is 5.60. The predicted molar refractivity (Wildman–Crippen MR) is 86.4 cm³/mol. The fraction of sp³-hybridized carbons (Fsp3) is 0.389. The van der Waals surface area contributed by atoms with Crippen LogP contribution in [0, 0.1) is 6.92 Å². The molecule has 1 heterocycles. The van der Waals surface area contributed by atoms with Gasteiger partial charge in [0.25, 0.3) is 5.56 Å². The van der Waals surface area contributed by atoms with Crippen molar-refractivity contribution < 1.29 is 0 Å². The average molecular weight is 282 g/mol. The van der Waals surface area contributed by atoms with Crippen LogP contribution in [0.1, 0.15) is 30.9 Å². The van der Waals surface area contributed by atoms with Gasteiger partial charge in [-0.25, -0.2) is 0 Å². The molecule has 1 saturated carbocycles. The van der Waals surface area contributed by atoms with Crippen molar-refractivity contribution in [1.29, 1.82) is 0 Å². The second kappa shape index (κ2) is 5.86. The molecule has 0 amide bonds. The zero-order valence-electron chi connectivity index (χ0n) is 12.7. The molecule has 1 fully saturated rings. The van der Waals surface area contributed by atoms with Crippen LogP contribution in [-0.4, -0.2) is 10.6 Å². The van der Waals surface area contributed by atoms with Crippen molar-refractivity contribution in [2.24, 2.45) is 0 Å². The molecule has 1 aromatic carbocycles. The summed E-state index contributed by atoms with van der Waals surface area (Å²) < 4.78 is 1.87. The van der Waals surface area contributed by atoms with E-state index in [0.717, 1.165) is 16.8 Å². The zero-order valence-corrected chi connectivity index (χ0v) is 12.7. The summed E-state index contributed by atoms with van der Waals surface area (Å²) >= 11 is 0. The first kappa shape index (κ1) is 14.1. The first-order valence-electron chi connectivity index (χ1n) is 7.72. The van der Waals surface area contributed by atoms with E-state index in [1.165, 1.54) is 18.4 Å². The van der Waals surface area contributed by atoms with Gasteiger partial charge in [-0.1, -0.05) is 35.9 Å². The smallest absolute Gasteiger partial charge is 0.255 e. The van der Waals surface area contributed by atoms with Gasteiger partial charge in [0.1, 0.15) is 0 Å². The molecule has 0 spiro atoms. The molecule has 21 heavy (non-hydrogen) atoms. The third-order valence-corrected chi connectivity index (χ3v) is 4.08. The van der Waals surface area contributed by atoms with E-state index < -0.39 is 0 Å². The Kier molecular flexibility index (Phi) is 3.93. The molecule has 0 radical (unpaired) electrons. The van der Waals surface area contributed by atoms with Crippen LogP contribution >= 0.6 is 0 Å². The van der Waals surface area contributed by atoms with Crippen LogP contribution in [0.4, 0.5) is 0 Å². The van der Waals surface area contributed by atoms with E-state index in [1.54, 1.807) is 0 Å². The predicted octanol–water partition coefficient (Wildman–Crippen LogP) is 3.10. The lowest BCUT2D eigenvalue weighted by atomic mass is 10.1. The van der Waals surface area contributed by atoms with Gasteiger partial charge in [-0.15, -0.1) is 0 Å². The van der Waals surface area contributed by atoms with E-state index in [2.05, 4.69) is 42.6 Å². The summed E-state index contributed by atoms with van der Waals surface area (Å²) in [5, 5.41) is 3.42. The number of aryl methyl sites for hydroxylation is 1. The van der Waals surface area contributed by atoms with Crippen LogP contribution in [0.2, 0.25) is 0 Å². The standard InChI is InChI=1S/C18H22N2O/c1-3-20-17(14-6-4-13(2)5-7-14)11-8-15(18(20)21)12-19-16-9-10-16/h4-8,11,16,19H,3,9-10,12H2,1-2H3. The Morgan fingerprint density at radius 3 is 2.48 bits per heavy atom. The minimum Gasteiger partial charge on any atom is -0.310 e. The van der Waals surface area contributed by atoms with Crippen LogP contribution in [-0.2, 0) is 13.1 Å². The van der Waals surface area contributed by atoms with Crippen LogP contribution in [0.3, 0.4) is 0 Å². The fourth-order valence-corrected chi connectivity index (χ4v) is 2.59. The van der Waals surface area contributed by atoms with Crippen molar-refractivity contribution in [3.8, 4) is 11.3 Å². The lowest BCUT2D eigenvalue weighted by Crippen LogP contribution is -2.28. The van der Waals surface area contributed by atoms with Crippen molar-refractivity contribution in [1.82, 2.24) is 9.88 Å². The van der Waals surface area contributed by atoms with E-state index >= 15 is 0 Å². The van der Waals surface area contributed by atoms with Gasteiger partial charge in [0, 0.05) is 24.7 Å². The van der Waals surface area contributed by atoms with E-state index in [4.69, 9.17) is 0 Å².